The molecule has 3 N–H and O–H groups in total. The molecular formula is C17H22BrN3O2. The van der Waals surface area contributed by atoms with Crippen molar-refractivity contribution in [3.63, 3.8) is 0 Å². The van der Waals surface area contributed by atoms with Gasteiger partial charge in [0.15, 0.2) is 0 Å². The minimum atomic E-state index is -0.565. The van der Waals surface area contributed by atoms with Gasteiger partial charge in [-0.25, -0.2) is 0 Å². The van der Waals surface area contributed by atoms with Crippen molar-refractivity contribution in [1.29, 1.82) is 0 Å². The molecule has 1 aromatic rings. The number of hydrogen-bond donors (Lipinski definition) is 2. The summed E-state index contributed by atoms with van der Waals surface area (Å²) >= 11 is 3.42. The molecule has 3 rings (SSSR count). The van der Waals surface area contributed by atoms with E-state index in [0.717, 1.165) is 35.8 Å². The van der Waals surface area contributed by atoms with Crippen LogP contribution in [0.25, 0.3) is 0 Å². The van der Waals surface area contributed by atoms with E-state index in [1.54, 1.807) is 4.90 Å². The molecule has 1 saturated carbocycles. The lowest BCUT2D eigenvalue weighted by atomic mass is 9.91. The number of nitrogens with two attached hydrogens (primary N) is 1. The minimum absolute atomic E-state index is 0.104. The van der Waals surface area contributed by atoms with E-state index < -0.39 is 5.92 Å². The van der Waals surface area contributed by atoms with Crippen LogP contribution in [0.15, 0.2) is 28.7 Å². The van der Waals surface area contributed by atoms with Gasteiger partial charge in [-0.3, -0.25) is 9.59 Å². The van der Waals surface area contributed by atoms with Crippen LogP contribution in [0.4, 0.5) is 5.69 Å². The molecule has 0 aromatic heterocycles. The van der Waals surface area contributed by atoms with E-state index in [9.17, 15) is 9.59 Å². The van der Waals surface area contributed by atoms with Gasteiger partial charge in [0.05, 0.1) is 0 Å². The van der Waals surface area contributed by atoms with Crippen LogP contribution in [0.3, 0.4) is 0 Å². The first-order valence-electron chi connectivity index (χ1n) is 8.17. The number of amides is 2. The highest BCUT2D eigenvalue weighted by atomic mass is 79.9. The molecule has 1 saturated heterocycles. The monoisotopic (exact) mass is 379 g/mol. The van der Waals surface area contributed by atoms with Gasteiger partial charge in [0.2, 0.25) is 11.8 Å². The van der Waals surface area contributed by atoms with Gasteiger partial charge in [-0.15, -0.1) is 0 Å². The van der Waals surface area contributed by atoms with Crippen LogP contribution in [-0.2, 0) is 9.59 Å². The van der Waals surface area contributed by atoms with Crippen molar-refractivity contribution >= 4 is 33.4 Å². The second-order valence-electron chi connectivity index (χ2n) is 6.43. The SMILES string of the molecule is NC1CCC(NC(=O)C2CCN(c3cccc(Br)c3)C2=O)CC1. The molecular weight excluding hydrogens is 358 g/mol. The molecule has 6 heteroatoms. The summed E-state index contributed by atoms with van der Waals surface area (Å²) in [6.07, 6.45) is 4.26. The van der Waals surface area contributed by atoms with Gasteiger partial charge < -0.3 is 16.0 Å². The highest BCUT2D eigenvalue weighted by molar-refractivity contribution is 9.10. The quantitative estimate of drug-likeness (QED) is 0.790. The standard InChI is InChI=1S/C17H22BrN3O2/c18-11-2-1-3-14(10-11)21-9-8-15(17(21)23)16(22)20-13-6-4-12(19)5-7-13/h1-3,10,12-13,15H,4-9,19H2,(H,20,22). The normalized spacial score (nSPS) is 28.0. The summed E-state index contributed by atoms with van der Waals surface area (Å²) in [4.78, 5) is 26.7. The Balaban J connectivity index is 1.61. The lowest BCUT2D eigenvalue weighted by Gasteiger charge is -2.27. The lowest BCUT2D eigenvalue weighted by molar-refractivity contribution is -0.132. The average Bonchev–Trinajstić information content (AvgIpc) is 2.91. The van der Waals surface area contributed by atoms with Gasteiger partial charge in [0, 0.05) is 28.8 Å². The van der Waals surface area contributed by atoms with Crippen molar-refractivity contribution in [2.75, 3.05) is 11.4 Å². The predicted molar refractivity (Wildman–Crippen MR) is 93.0 cm³/mol. The van der Waals surface area contributed by atoms with Crippen LogP contribution in [0, 0.1) is 5.92 Å². The van der Waals surface area contributed by atoms with Gasteiger partial charge in [-0.1, -0.05) is 22.0 Å². The van der Waals surface area contributed by atoms with Crippen molar-refractivity contribution in [2.45, 2.75) is 44.2 Å². The molecule has 5 nitrogen and oxygen atoms in total. The zero-order valence-electron chi connectivity index (χ0n) is 13.0. The van der Waals surface area contributed by atoms with Crippen LogP contribution in [0.5, 0.6) is 0 Å². The van der Waals surface area contributed by atoms with E-state index in [0.29, 0.717) is 13.0 Å². The van der Waals surface area contributed by atoms with Crippen molar-refractivity contribution in [3.05, 3.63) is 28.7 Å². The molecule has 23 heavy (non-hydrogen) atoms. The summed E-state index contributed by atoms with van der Waals surface area (Å²) in [5, 5.41) is 3.04. The third-order valence-corrected chi connectivity index (χ3v) is 5.25. The topological polar surface area (TPSA) is 75.4 Å². The predicted octanol–water partition coefficient (Wildman–Crippen LogP) is 2.19. The maximum absolute atomic E-state index is 12.6. The summed E-state index contributed by atoms with van der Waals surface area (Å²) in [5.41, 5.74) is 6.73. The van der Waals surface area contributed by atoms with Crippen molar-refractivity contribution in [2.24, 2.45) is 11.7 Å². The van der Waals surface area contributed by atoms with E-state index >= 15 is 0 Å². The Labute approximate surface area is 144 Å². The Kier molecular flexibility index (Phi) is 5.02. The number of hydrogen-bond acceptors (Lipinski definition) is 3. The van der Waals surface area contributed by atoms with Gasteiger partial charge in [-0.2, -0.15) is 0 Å². The summed E-state index contributed by atoms with van der Waals surface area (Å²) in [6, 6.07) is 8.03. The molecule has 1 aliphatic heterocycles. The Bertz CT molecular complexity index is 599. The molecule has 2 amide bonds. The van der Waals surface area contributed by atoms with E-state index in [1.807, 2.05) is 24.3 Å². The molecule has 124 valence electrons. The minimum Gasteiger partial charge on any atom is -0.353 e. The first-order valence-corrected chi connectivity index (χ1v) is 8.97. The fourth-order valence-corrected chi connectivity index (χ4v) is 3.78. The molecule has 0 spiro atoms. The number of carbonyl (C=O) groups is 2. The summed E-state index contributed by atoms with van der Waals surface area (Å²) in [7, 11) is 0. The third-order valence-electron chi connectivity index (χ3n) is 4.76. The van der Waals surface area contributed by atoms with Crippen molar-refractivity contribution in [3.8, 4) is 0 Å². The first-order chi connectivity index (χ1) is 11.0. The van der Waals surface area contributed by atoms with Gasteiger partial charge >= 0.3 is 0 Å². The molecule has 0 radical (unpaired) electrons. The van der Waals surface area contributed by atoms with Crippen molar-refractivity contribution in [1.82, 2.24) is 5.32 Å². The smallest absolute Gasteiger partial charge is 0.239 e. The van der Waals surface area contributed by atoms with Gasteiger partial charge in [-0.05, 0) is 50.3 Å². The molecule has 1 aromatic carbocycles. The van der Waals surface area contributed by atoms with Crippen LogP contribution in [0.1, 0.15) is 32.1 Å². The highest BCUT2D eigenvalue weighted by Gasteiger charge is 2.38. The first kappa shape index (κ1) is 16.5. The van der Waals surface area contributed by atoms with Crippen LogP contribution in [0.2, 0.25) is 0 Å². The lowest BCUT2D eigenvalue weighted by Crippen LogP contribution is -2.44. The Morgan fingerprint density at radius 3 is 2.65 bits per heavy atom. The second kappa shape index (κ2) is 7.01. The fraction of sp³-hybridized carbons (Fsp3) is 0.529. The Morgan fingerprint density at radius 2 is 1.96 bits per heavy atom. The Morgan fingerprint density at radius 1 is 1.22 bits per heavy atom. The maximum atomic E-state index is 12.6. The molecule has 2 fully saturated rings. The number of anilines is 1. The zero-order valence-corrected chi connectivity index (χ0v) is 14.6. The van der Waals surface area contributed by atoms with Crippen LogP contribution >= 0.6 is 15.9 Å². The van der Waals surface area contributed by atoms with Crippen molar-refractivity contribution < 1.29 is 9.59 Å². The second-order valence-corrected chi connectivity index (χ2v) is 7.35. The zero-order chi connectivity index (χ0) is 16.4. The van der Waals surface area contributed by atoms with Crippen LogP contribution < -0.4 is 16.0 Å². The van der Waals surface area contributed by atoms with Crippen LogP contribution in [-0.4, -0.2) is 30.4 Å². The molecule has 1 unspecified atom stereocenters. The highest BCUT2D eigenvalue weighted by Crippen LogP contribution is 2.28. The number of carbonyl (C=O) groups excluding carboxylic acids is 2. The summed E-state index contributed by atoms with van der Waals surface area (Å²) in [5.74, 6) is -0.800. The summed E-state index contributed by atoms with van der Waals surface area (Å²) < 4.78 is 0.925. The molecule has 1 atom stereocenters. The molecule has 1 heterocycles. The summed E-state index contributed by atoms with van der Waals surface area (Å²) in [6.45, 7) is 0.586. The largest absolute Gasteiger partial charge is 0.353 e. The Hall–Kier alpha value is -1.40. The molecule has 0 bridgehead atoms. The van der Waals surface area contributed by atoms with E-state index in [4.69, 9.17) is 5.73 Å². The molecule has 1 aliphatic carbocycles. The van der Waals surface area contributed by atoms with E-state index in [-0.39, 0.29) is 23.9 Å². The third kappa shape index (κ3) is 3.75. The maximum Gasteiger partial charge on any atom is 0.239 e. The molecule has 2 aliphatic rings. The number of halogens is 1. The fourth-order valence-electron chi connectivity index (χ4n) is 3.39. The number of nitrogens with zero attached hydrogens (tertiary/aromatic N) is 1. The van der Waals surface area contributed by atoms with E-state index in [1.165, 1.54) is 0 Å². The van der Waals surface area contributed by atoms with Gasteiger partial charge in [0.1, 0.15) is 5.92 Å². The number of nitrogens with one attached hydrogen (secondary N) is 1. The van der Waals surface area contributed by atoms with Gasteiger partial charge in [0.25, 0.3) is 0 Å². The van der Waals surface area contributed by atoms with E-state index in [2.05, 4.69) is 21.2 Å². The number of rotatable bonds is 3. The number of benzene rings is 1. The average molecular weight is 380 g/mol.